The standard InChI is InChI=1S/C19H21N5OS/c1-11(2)19-24-13(4)16(26-19)10-22-18(25)15-9-21-17(23-12(15)3)14-6-5-7-20-8-14/h5-9,11H,10H2,1-4H3,(H,22,25). The van der Waals surface area contributed by atoms with Crippen LogP contribution in [0.3, 0.4) is 0 Å². The van der Waals surface area contributed by atoms with E-state index in [9.17, 15) is 4.79 Å². The van der Waals surface area contributed by atoms with Gasteiger partial charge in [-0.25, -0.2) is 15.0 Å². The van der Waals surface area contributed by atoms with Crippen LogP contribution in [0.1, 0.15) is 51.4 Å². The highest BCUT2D eigenvalue weighted by Crippen LogP contribution is 2.24. The first kappa shape index (κ1) is 18.1. The Kier molecular flexibility index (Phi) is 5.37. The minimum atomic E-state index is -0.181. The van der Waals surface area contributed by atoms with Gasteiger partial charge in [0.05, 0.1) is 28.5 Å². The number of rotatable bonds is 5. The van der Waals surface area contributed by atoms with Crippen molar-refractivity contribution >= 4 is 17.2 Å². The predicted octanol–water partition coefficient (Wildman–Crippen LogP) is 3.67. The molecule has 0 atom stereocenters. The van der Waals surface area contributed by atoms with Crippen LogP contribution in [-0.2, 0) is 6.54 Å². The summed E-state index contributed by atoms with van der Waals surface area (Å²) in [6.07, 6.45) is 4.97. The van der Waals surface area contributed by atoms with Crippen LogP contribution in [0.2, 0.25) is 0 Å². The van der Waals surface area contributed by atoms with Gasteiger partial charge in [-0.15, -0.1) is 11.3 Å². The van der Waals surface area contributed by atoms with Gasteiger partial charge in [-0.3, -0.25) is 9.78 Å². The Hall–Kier alpha value is -2.67. The van der Waals surface area contributed by atoms with E-state index in [1.807, 2.05) is 26.0 Å². The second-order valence-corrected chi connectivity index (χ2v) is 7.45. The molecule has 0 aliphatic heterocycles. The first-order valence-electron chi connectivity index (χ1n) is 8.44. The number of thiazole rings is 1. The van der Waals surface area contributed by atoms with Crippen molar-refractivity contribution in [2.75, 3.05) is 0 Å². The van der Waals surface area contributed by atoms with Crippen molar-refractivity contribution in [1.82, 2.24) is 25.3 Å². The predicted molar refractivity (Wildman–Crippen MR) is 102 cm³/mol. The number of aryl methyl sites for hydroxylation is 2. The highest BCUT2D eigenvalue weighted by molar-refractivity contribution is 7.11. The van der Waals surface area contributed by atoms with E-state index in [4.69, 9.17) is 0 Å². The molecule has 1 amide bonds. The minimum Gasteiger partial charge on any atom is -0.347 e. The Morgan fingerprint density at radius 3 is 2.62 bits per heavy atom. The van der Waals surface area contributed by atoms with Crippen LogP contribution in [0.4, 0.5) is 0 Å². The van der Waals surface area contributed by atoms with Crippen LogP contribution in [0.15, 0.2) is 30.7 Å². The zero-order valence-corrected chi connectivity index (χ0v) is 16.1. The molecule has 134 valence electrons. The number of hydrogen-bond donors (Lipinski definition) is 1. The highest BCUT2D eigenvalue weighted by Gasteiger charge is 2.15. The van der Waals surface area contributed by atoms with Crippen molar-refractivity contribution in [1.29, 1.82) is 0 Å². The van der Waals surface area contributed by atoms with Gasteiger partial charge in [-0.1, -0.05) is 13.8 Å². The monoisotopic (exact) mass is 367 g/mol. The van der Waals surface area contributed by atoms with Crippen LogP contribution in [0, 0.1) is 13.8 Å². The van der Waals surface area contributed by atoms with E-state index in [-0.39, 0.29) is 5.91 Å². The molecule has 0 saturated carbocycles. The Balaban J connectivity index is 1.72. The third-order valence-electron chi connectivity index (χ3n) is 3.96. The van der Waals surface area contributed by atoms with Gasteiger partial charge in [0.2, 0.25) is 0 Å². The van der Waals surface area contributed by atoms with Crippen molar-refractivity contribution in [2.24, 2.45) is 0 Å². The van der Waals surface area contributed by atoms with E-state index < -0.39 is 0 Å². The number of pyridine rings is 1. The third kappa shape index (κ3) is 3.94. The molecular weight excluding hydrogens is 346 g/mol. The lowest BCUT2D eigenvalue weighted by molar-refractivity contribution is 0.0950. The molecule has 3 heterocycles. The molecule has 1 N–H and O–H groups in total. The largest absolute Gasteiger partial charge is 0.347 e. The summed E-state index contributed by atoms with van der Waals surface area (Å²) >= 11 is 1.64. The van der Waals surface area contributed by atoms with Gasteiger partial charge in [0.25, 0.3) is 5.91 Å². The zero-order valence-electron chi connectivity index (χ0n) is 15.3. The van der Waals surface area contributed by atoms with Gasteiger partial charge >= 0.3 is 0 Å². The van der Waals surface area contributed by atoms with Gasteiger partial charge in [0.1, 0.15) is 0 Å². The van der Waals surface area contributed by atoms with Gasteiger partial charge in [0.15, 0.2) is 5.82 Å². The second-order valence-electron chi connectivity index (χ2n) is 6.33. The van der Waals surface area contributed by atoms with Crippen molar-refractivity contribution in [2.45, 2.75) is 40.2 Å². The number of amides is 1. The summed E-state index contributed by atoms with van der Waals surface area (Å²) in [5.74, 6) is 0.768. The molecule has 0 spiro atoms. The molecule has 0 bridgehead atoms. The number of carbonyl (C=O) groups excluding carboxylic acids is 1. The van der Waals surface area contributed by atoms with Gasteiger partial charge < -0.3 is 5.32 Å². The summed E-state index contributed by atoms with van der Waals surface area (Å²) in [5.41, 5.74) is 2.91. The van der Waals surface area contributed by atoms with Crippen molar-refractivity contribution < 1.29 is 4.79 Å². The molecule has 26 heavy (non-hydrogen) atoms. The summed E-state index contributed by atoms with van der Waals surface area (Å²) < 4.78 is 0. The number of hydrogen-bond acceptors (Lipinski definition) is 6. The second kappa shape index (κ2) is 7.70. The van der Waals surface area contributed by atoms with E-state index in [0.717, 1.165) is 21.1 Å². The lowest BCUT2D eigenvalue weighted by Crippen LogP contribution is -2.24. The maximum atomic E-state index is 12.5. The molecule has 0 aliphatic rings. The van der Waals surface area contributed by atoms with Crippen molar-refractivity contribution in [3.05, 3.63) is 57.6 Å². The molecule has 0 fully saturated rings. The average Bonchev–Trinajstić information content (AvgIpc) is 3.01. The number of nitrogens with zero attached hydrogens (tertiary/aromatic N) is 4. The smallest absolute Gasteiger partial charge is 0.254 e. The van der Waals surface area contributed by atoms with Crippen molar-refractivity contribution in [3.8, 4) is 11.4 Å². The fourth-order valence-electron chi connectivity index (χ4n) is 2.44. The molecule has 0 aromatic carbocycles. The maximum Gasteiger partial charge on any atom is 0.254 e. The van der Waals surface area contributed by atoms with Gasteiger partial charge in [-0.2, -0.15) is 0 Å². The van der Waals surface area contributed by atoms with Crippen molar-refractivity contribution in [3.63, 3.8) is 0 Å². The molecule has 3 aromatic heterocycles. The fourth-order valence-corrected chi connectivity index (χ4v) is 3.45. The fraction of sp³-hybridized carbons (Fsp3) is 0.316. The molecule has 0 unspecified atom stereocenters. The Bertz CT molecular complexity index is 921. The third-order valence-corrected chi connectivity index (χ3v) is 5.41. The minimum absolute atomic E-state index is 0.181. The SMILES string of the molecule is Cc1nc(-c2cccnc2)ncc1C(=O)NCc1sc(C(C)C)nc1C. The topological polar surface area (TPSA) is 80.7 Å². The molecule has 3 aromatic rings. The van der Waals surface area contributed by atoms with E-state index in [1.54, 1.807) is 29.9 Å². The number of nitrogens with one attached hydrogen (secondary N) is 1. The lowest BCUT2D eigenvalue weighted by atomic mass is 10.2. The molecular formula is C19H21N5OS. The van der Waals surface area contributed by atoms with E-state index in [2.05, 4.69) is 39.1 Å². The first-order chi connectivity index (χ1) is 12.5. The Morgan fingerprint density at radius 1 is 1.19 bits per heavy atom. The summed E-state index contributed by atoms with van der Waals surface area (Å²) in [6, 6.07) is 3.72. The Labute approximate surface area is 156 Å². The summed E-state index contributed by atoms with van der Waals surface area (Å²) in [6.45, 7) is 8.47. The van der Waals surface area contributed by atoms with Crippen LogP contribution >= 0.6 is 11.3 Å². The number of aromatic nitrogens is 4. The van der Waals surface area contributed by atoms with Crippen LogP contribution in [0.5, 0.6) is 0 Å². The number of carbonyl (C=O) groups is 1. The maximum absolute atomic E-state index is 12.5. The average molecular weight is 367 g/mol. The highest BCUT2D eigenvalue weighted by atomic mass is 32.1. The van der Waals surface area contributed by atoms with E-state index in [1.165, 1.54) is 0 Å². The van der Waals surface area contributed by atoms with E-state index in [0.29, 0.717) is 29.5 Å². The van der Waals surface area contributed by atoms with Crippen LogP contribution in [0.25, 0.3) is 11.4 Å². The summed E-state index contributed by atoms with van der Waals surface area (Å²) in [7, 11) is 0. The summed E-state index contributed by atoms with van der Waals surface area (Å²) in [5, 5.41) is 4.04. The van der Waals surface area contributed by atoms with Gasteiger partial charge in [0, 0.05) is 34.9 Å². The quantitative estimate of drug-likeness (QED) is 0.744. The first-order valence-corrected chi connectivity index (χ1v) is 9.25. The molecule has 3 rings (SSSR count). The molecule has 0 aliphatic carbocycles. The van der Waals surface area contributed by atoms with Crippen LogP contribution < -0.4 is 5.32 Å². The molecule has 7 heteroatoms. The molecule has 6 nitrogen and oxygen atoms in total. The van der Waals surface area contributed by atoms with Gasteiger partial charge in [-0.05, 0) is 26.0 Å². The summed E-state index contributed by atoms with van der Waals surface area (Å²) in [4.78, 5) is 31.0. The Morgan fingerprint density at radius 2 is 2.00 bits per heavy atom. The lowest BCUT2D eigenvalue weighted by Gasteiger charge is -2.08. The molecule has 0 saturated heterocycles. The van der Waals surface area contributed by atoms with Crippen LogP contribution in [-0.4, -0.2) is 25.8 Å². The normalized spacial score (nSPS) is 11.0. The molecule has 0 radical (unpaired) electrons. The zero-order chi connectivity index (χ0) is 18.7. The van der Waals surface area contributed by atoms with E-state index >= 15 is 0 Å².